The molecule has 0 saturated heterocycles. The fourth-order valence-electron chi connectivity index (χ4n) is 3.03. The van der Waals surface area contributed by atoms with Gasteiger partial charge in [-0.2, -0.15) is 0 Å². The molecule has 3 rings (SSSR count). The number of ether oxygens (including phenoxy) is 2. The van der Waals surface area contributed by atoms with E-state index in [9.17, 15) is 14.4 Å². The Kier molecular flexibility index (Phi) is 5.93. The fourth-order valence-corrected chi connectivity index (χ4v) is 3.03. The number of hydrogen-bond donors (Lipinski definition) is 2. The number of carbonyl (C=O) groups excluding carboxylic acids is 3. The fraction of sp³-hybridized carbons (Fsp3) is 0.286. The van der Waals surface area contributed by atoms with Crippen LogP contribution in [-0.4, -0.2) is 30.5 Å². The van der Waals surface area contributed by atoms with Crippen molar-refractivity contribution in [2.75, 3.05) is 11.9 Å². The summed E-state index contributed by atoms with van der Waals surface area (Å²) in [5.41, 5.74) is 8.54. The molecule has 3 N–H and O–H groups in total. The molecule has 28 heavy (non-hydrogen) atoms. The third kappa shape index (κ3) is 4.88. The summed E-state index contributed by atoms with van der Waals surface area (Å²) in [6.07, 6.45) is 2.25. The summed E-state index contributed by atoms with van der Waals surface area (Å²) in [5, 5.41) is 2.61. The van der Waals surface area contributed by atoms with Crippen LogP contribution in [0.1, 0.15) is 34.8 Å². The van der Waals surface area contributed by atoms with Crippen molar-refractivity contribution in [3.05, 3.63) is 59.2 Å². The van der Waals surface area contributed by atoms with E-state index in [1.807, 2.05) is 18.2 Å². The third-order valence-corrected chi connectivity index (χ3v) is 4.54. The average Bonchev–Trinajstić information content (AvgIpc) is 3.14. The molecule has 1 aliphatic rings. The number of amides is 2. The first-order chi connectivity index (χ1) is 13.4. The van der Waals surface area contributed by atoms with Crippen LogP contribution in [0.25, 0.3) is 0 Å². The number of primary amides is 1. The van der Waals surface area contributed by atoms with Crippen molar-refractivity contribution in [3.63, 3.8) is 0 Å². The lowest BCUT2D eigenvalue weighted by atomic mass is 10.1. The number of fused-ring (bicyclic) bond motifs is 1. The van der Waals surface area contributed by atoms with E-state index < -0.39 is 23.9 Å². The maximum absolute atomic E-state index is 12.1. The molecule has 0 unspecified atom stereocenters. The van der Waals surface area contributed by atoms with Crippen molar-refractivity contribution in [2.24, 2.45) is 5.73 Å². The molecule has 0 saturated carbocycles. The Morgan fingerprint density at radius 2 is 1.79 bits per heavy atom. The highest BCUT2D eigenvalue weighted by Crippen LogP contribution is 2.26. The maximum atomic E-state index is 12.1. The van der Waals surface area contributed by atoms with Crippen molar-refractivity contribution >= 4 is 23.5 Å². The Morgan fingerprint density at radius 1 is 1.07 bits per heavy atom. The molecule has 0 spiro atoms. The van der Waals surface area contributed by atoms with E-state index in [0.717, 1.165) is 19.3 Å². The minimum Gasteiger partial charge on any atom is -0.482 e. The minimum absolute atomic E-state index is 0.274. The molecule has 0 radical (unpaired) electrons. The van der Waals surface area contributed by atoms with Gasteiger partial charge in [0.05, 0.1) is 0 Å². The second kappa shape index (κ2) is 8.56. The average molecular weight is 382 g/mol. The van der Waals surface area contributed by atoms with Crippen molar-refractivity contribution in [1.82, 2.24) is 0 Å². The molecule has 2 amide bonds. The monoisotopic (exact) mass is 382 g/mol. The molecule has 0 bridgehead atoms. The quantitative estimate of drug-likeness (QED) is 0.714. The summed E-state index contributed by atoms with van der Waals surface area (Å²) in [5.74, 6) is -1.06. The van der Waals surface area contributed by atoms with Crippen LogP contribution in [0.5, 0.6) is 5.75 Å². The normalized spacial score (nSPS) is 13.3. The van der Waals surface area contributed by atoms with Crippen molar-refractivity contribution in [2.45, 2.75) is 32.3 Å². The van der Waals surface area contributed by atoms with Crippen LogP contribution in [0.3, 0.4) is 0 Å². The van der Waals surface area contributed by atoms with E-state index in [0.29, 0.717) is 17.0 Å². The predicted octanol–water partition coefficient (Wildman–Crippen LogP) is 2.22. The zero-order valence-electron chi connectivity index (χ0n) is 15.6. The highest BCUT2D eigenvalue weighted by atomic mass is 16.6. The molecule has 7 nitrogen and oxygen atoms in total. The highest BCUT2D eigenvalue weighted by Gasteiger charge is 2.19. The van der Waals surface area contributed by atoms with E-state index in [1.165, 1.54) is 30.2 Å². The Morgan fingerprint density at radius 3 is 2.50 bits per heavy atom. The number of hydrogen-bond acceptors (Lipinski definition) is 5. The van der Waals surface area contributed by atoms with Crippen LogP contribution in [0.15, 0.2) is 42.5 Å². The van der Waals surface area contributed by atoms with E-state index in [2.05, 4.69) is 5.32 Å². The van der Waals surface area contributed by atoms with E-state index in [4.69, 9.17) is 15.2 Å². The molecule has 1 aliphatic carbocycles. The molecule has 146 valence electrons. The van der Waals surface area contributed by atoms with Crippen LogP contribution in [-0.2, 0) is 27.2 Å². The standard InChI is InChI=1S/C21H22N2O5/c1-13(21(26)23-17-8-5-15(6-9-17)20(22)25)28-19(24)12-27-18-10-7-14-3-2-4-16(14)11-18/h5-11,13H,2-4,12H2,1H3,(H2,22,25)(H,23,26)/t13-/m0/s1. The van der Waals surface area contributed by atoms with Crippen LogP contribution in [0.2, 0.25) is 0 Å². The van der Waals surface area contributed by atoms with Crippen LogP contribution >= 0.6 is 0 Å². The summed E-state index contributed by atoms with van der Waals surface area (Å²) < 4.78 is 10.6. The van der Waals surface area contributed by atoms with Gasteiger partial charge >= 0.3 is 5.97 Å². The first-order valence-electron chi connectivity index (χ1n) is 9.07. The minimum atomic E-state index is -0.994. The first kappa shape index (κ1) is 19.4. The lowest BCUT2D eigenvalue weighted by molar-refractivity contribution is -0.155. The van der Waals surface area contributed by atoms with E-state index in [1.54, 1.807) is 12.1 Å². The Balaban J connectivity index is 1.46. The van der Waals surface area contributed by atoms with Gasteiger partial charge < -0.3 is 20.5 Å². The van der Waals surface area contributed by atoms with Gasteiger partial charge in [-0.15, -0.1) is 0 Å². The van der Waals surface area contributed by atoms with Crippen LogP contribution in [0.4, 0.5) is 5.69 Å². The molecule has 2 aromatic carbocycles. The number of esters is 1. The van der Waals surface area contributed by atoms with Gasteiger partial charge in [-0.05, 0) is 73.7 Å². The molecule has 0 fully saturated rings. The molecule has 0 aromatic heterocycles. The van der Waals surface area contributed by atoms with Gasteiger partial charge in [0.15, 0.2) is 12.7 Å². The van der Waals surface area contributed by atoms with Crippen molar-refractivity contribution in [1.29, 1.82) is 0 Å². The maximum Gasteiger partial charge on any atom is 0.344 e. The van der Waals surface area contributed by atoms with Gasteiger partial charge in [-0.3, -0.25) is 9.59 Å². The Bertz CT molecular complexity index is 892. The van der Waals surface area contributed by atoms with Crippen molar-refractivity contribution < 1.29 is 23.9 Å². The Labute approximate surface area is 162 Å². The van der Waals surface area contributed by atoms with Gasteiger partial charge in [0.2, 0.25) is 5.91 Å². The SMILES string of the molecule is C[C@H](OC(=O)COc1ccc2c(c1)CCC2)C(=O)Nc1ccc(C(N)=O)cc1. The number of nitrogens with two attached hydrogens (primary N) is 1. The topological polar surface area (TPSA) is 108 Å². The summed E-state index contributed by atoms with van der Waals surface area (Å²) in [4.78, 5) is 35.2. The number of carbonyl (C=O) groups is 3. The molecule has 7 heteroatoms. The van der Waals surface area contributed by atoms with E-state index >= 15 is 0 Å². The van der Waals surface area contributed by atoms with Gasteiger partial charge in [0.25, 0.3) is 5.91 Å². The summed E-state index contributed by atoms with van der Waals surface area (Å²) >= 11 is 0. The van der Waals surface area contributed by atoms with Crippen LogP contribution < -0.4 is 15.8 Å². The highest BCUT2D eigenvalue weighted by molar-refractivity contribution is 5.96. The number of nitrogens with one attached hydrogen (secondary N) is 1. The van der Waals surface area contributed by atoms with Crippen LogP contribution in [0, 0.1) is 0 Å². The largest absolute Gasteiger partial charge is 0.482 e. The molecule has 2 aromatic rings. The summed E-state index contributed by atoms with van der Waals surface area (Å²) in [7, 11) is 0. The zero-order valence-corrected chi connectivity index (χ0v) is 15.6. The molecule has 0 heterocycles. The molecule has 1 atom stereocenters. The zero-order chi connectivity index (χ0) is 20.1. The lowest BCUT2D eigenvalue weighted by Crippen LogP contribution is -2.31. The number of rotatable bonds is 7. The Hall–Kier alpha value is -3.35. The molecular formula is C21H22N2O5. The number of anilines is 1. The predicted molar refractivity (Wildman–Crippen MR) is 103 cm³/mol. The third-order valence-electron chi connectivity index (χ3n) is 4.54. The van der Waals surface area contributed by atoms with Gasteiger partial charge in [-0.1, -0.05) is 6.07 Å². The van der Waals surface area contributed by atoms with E-state index in [-0.39, 0.29) is 6.61 Å². The second-order valence-corrected chi connectivity index (χ2v) is 6.64. The molecule has 0 aliphatic heterocycles. The van der Waals surface area contributed by atoms with Gasteiger partial charge in [0.1, 0.15) is 5.75 Å². The lowest BCUT2D eigenvalue weighted by Gasteiger charge is -2.14. The number of benzene rings is 2. The molecular weight excluding hydrogens is 360 g/mol. The van der Waals surface area contributed by atoms with Gasteiger partial charge in [-0.25, -0.2) is 4.79 Å². The van der Waals surface area contributed by atoms with Crippen molar-refractivity contribution in [3.8, 4) is 5.75 Å². The van der Waals surface area contributed by atoms with Gasteiger partial charge in [0, 0.05) is 11.3 Å². The first-order valence-corrected chi connectivity index (χ1v) is 9.07. The summed E-state index contributed by atoms with van der Waals surface area (Å²) in [6.45, 7) is 1.20. The second-order valence-electron chi connectivity index (χ2n) is 6.64. The number of aryl methyl sites for hydroxylation is 2. The summed E-state index contributed by atoms with van der Waals surface area (Å²) in [6, 6.07) is 11.9. The smallest absolute Gasteiger partial charge is 0.344 e.